The molecular formula is C12H17N3O4S. The standard InChI is InChI=1S/C12H17N3O4S/c1-9-11(15(16)17)5-2-6-12(9)20(18,19)14-8-10-4-3-7-13-10/h2,5-6,10,13-14H,3-4,7-8H2,1H3. The summed E-state index contributed by atoms with van der Waals surface area (Å²) in [6.45, 7) is 2.63. The fourth-order valence-corrected chi connectivity index (χ4v) is 3.65. The van der Waals surface area contributed by atoms with Gasteiger partial charge in [0.05, 0.1) is 9.82 Å². The summed E-state index contributed by atoms with van der Waals surface area (Å²) >= 11 is 0. The van der Waals surface area contributed by atoms with Crippen molar-refractivity contribution in [2.45, 2.75) is 30.7 Å². The van der Waals surface area contributed by atoms with Gasteiger partial charge in [-0.3, -0.25) is 10.1 Å². The zero-order chi connectivity index (χ0) is 14.8. The van der Waals surface area contributed by atoms with Crippen LogP contribution in [0.5, 0.6) is 0 Å². The van der Waals surface area contributed by atoms with E-state index in [0.717, 1.165) is 19.4 Å². The van der Waals surface area contributed by atoms with Crippen LogP contribution in [0, 0.1) is 17.0 Å². The van der Waals surface area contributed by atoms with Gasteiger partial charge in [0.15, 0.2) is 0 Å². The van der Waals surface area contributed by atoms with Crippen LogP contribution in [0.1, 0.15) is 18.4 Å². The SMILES string of the molecule is Cc1c([N+](=O)[O-])cccc1S(=O)(=O)NCC1CCCN1. The van der Waals surface area contributed by atoms with Crippen LogP contribution >= 0.6 is 0 Å². The van der Waals surface area contributed by atoms with Crippen molar-refractivity contribution < 1.29 is 13.3 Å². The van der Waals surface area contributed by atoms with Gasteiger partial charge in [0.25, 0.3) is 5.69 Å². The maximum absolute atomic E-state index is 12.2. The van der Waals surface area contributed by atoms with Crippen molar-refractivity contribution in [1.82, 2.24) is 10.0 Å². The second-order valence-electron chi connectivity index (χ2n) is 4.80. The van der Waals surface area contributed by atoms with Gasteiger partial charge in [0.2, 0.25) is 10.0 Å². The molecule has 2 N–H and O–H groups in total. The molecule has 0 radical (unpaired) electrons. The first kappa shape index (κ1) is 14.9. The number of hydrogen-bond donors (Lipinski definition) is 2. The highest BCUT2D eigenvalue weighted by Gasteiger charge is 2.24. The third-order valence-corrected chi connectivity index (χ3v) is 4.99. The van der Waals surface area contributed by atoms with Crippen LogP contribution in [0.2, 0.25) is 0 Å². The lowest BCUT2D eigenvalue weighted by Gasteiger charge is -2.13. The van der Waals surface area contributed by atoms with Crippen molar-refractivity contribution in [1.29, 1.82) is 0 Å². The lowest BCUT2D eigenvalue weighted by molar-refractivity contribution is -0.385. The monoisotopic (exact) mass is 299 g/mol. The van der Waals surface area contributed by atoms with Gasteiger partial charge in [-0.25, -0.2) is 13.1 Å². The van der Waals surface area contributed by atoms with Gasteiger partial charge in [-0.1, -0.05) is 6.07 Å². The van der Waals surface area contributed by atoms with Gasteiger partial charge in [-0.15, -0.1) is 0 Å². The van der Waals surface area contributed by atoms with Gasteiger partial charge in [0.1, 0.15) is 0 Å². The summed E-state index contributed by atoms with van der Waals surface area (Å²) < 4.78 is 27.0. The Morgan fingerprint density at radius 3 is 2.85 bits per heavy atom. The minimum absolute atomic E-state index is 0.0373. The molecule has 7 nitrogen and oxygen atoms in total. The van der Waals surface area contributed by atoms with E-state index < -0.39 is 14.9 Å². The number of hydrogen-bond acceptors (Lipinski definition) is 5. The van der Waals surface area contributed by atoms with Crippen LogP contribution in [-0.4, -0.2) is 32.5 Å². The first-order chi connectivity index (χ1) is 9.42. The zero-order valence-electron chi connectivity index (χ0n) is 11.1. The zero-order valence-corrected chi connectivity index (χ0v) is 11.9. The normalized spacial score (nSPS) is 19.1. The molecule has 1 aromatic rings. The van der Waals surface area contributed by atoms with Gasteiger partial charge in [-0.2, -0.15) is 0 Å². The Bertz CT molecular complexity index is 609. The summed E-state index contributed by atoms with van der Waals surface area (Å²) in [5.74, 6) is 0. The minimum atomic E-state index is -3.73. The van der Waals surface area contributed by atoms with Crippen LogP contribution in [-0.2, 0) is 10.0 Å². The Labute approximate surface area is 117 Å². The minimum Gasteiger partial charge on any atom is -0.313 e. The third kappa shape index (κ3) is 3.14. The van der Waals surface area contributed by atoms with Crippen LogP contribution in [0.4, 0.5) is 5.69 Å². The summed E-state index contributed by atoms with van der Waals surface area (Å²) in [4.78, 5) is 10.2. The Morgan fingerprint density at radius 1 is 1.50 bits per heavy atom. The van der Waals surface area contributed by atoms with Crippen LogP contribution in [0.25, 0.3) is 0 Å². The lowest BCUT2D eigenvalue weighted by Crippen LogP contribution is -2.37. The molecule has 1 saturated heterocycles. The maximum atomic E-state index is 12.2. The number of rotatable bonds is 5. The van der Waals surface area contributed by atoms with Gasteiger partial charge in [-0.05, 0) is 32.4 Å². The summed E-state index contributed by atoms with van der Waals surface area (Å²) in [5, 5.41) is 14.0. The van der Waals surface area contributed by atoms with E-state index >= 15 is 0 Å². The molecule has 1 fully saturated rings. The van der Waals surface area contributed by atoms with Crippen molar-refractivity contribution in [2.75, 3.05) is 13.1 Å². The van der Waals surface area contributed by atoms with E-state index in [0.29, 0.717) is 6.54 Å². The Morgan fingerprint density at radius 2 is 2.25 bits per heavy atom. The number of nitro groups is 1. The van der Waals surface area contributed by atoms with Crippen molar-refractivity contribution in [3.8, 4) is 0 Å². The quantitative estimate of drug-likeness (QED) is 0.622. The van der Waals surface area contributed by atoms with Gasteiger partial charge in [0, 0.05) is 24.2 Å². The lowest BCUT2D eigenvalue weighted by atomic mass is 10.2. The van der Waals surface area contributed by atoms with Gasteiger partial charge >= 0.3 is 0 Å². The Hall–Kier alpha value is -1.51. The molecule has 2 rings (SSSR count). The molecule has 1 aromatic carbocycles. The maximum Gasteiger partial charge on any atom is 0.273 e. The van der Waals surface area contributed by atoms with Crippen LogP contribution in [0.15, 0.2) is 23.1 Å². The summed E-state index contributed by atoms with van der Waals surface area (Å²) in [5.41, 5.74) is -0.0313. The topological polar surface area (TPSA) is 101 Å². The molecule has 0 aliphatic carbocycles. The molecule has 1 heterocycles. The first-order valence-corrected chi connectivity index (χ1v) is 7.87. The smallest absolute Gasteiger partial charge is 0.273 e. The van der Waals surface area contributed by atoms with Crippen LogP contribution in [0.3, 0.4) is 0 Å². The second-order valence-corrected chi connectivity index (χ2v) is 6.54. The number of nitro benzene ring substituents is 1. The van der Waals surface area contributed by atoms with Crippen molar-refractivity contribution >= 4 is 15.7 Å². The highest BCUT2D eigenvalue weighted by molar-refractivity contribution is 7.89. The highest BCUT2D eigenvalue weighted by Crippen LogP contribution is 2.24. The Balaban J connectivity index is 2.20. The summed E-state index contributed by atoms with van der Waals surface area (Å²) in [6.07, 6.45) is 1.96. The summed E-state index contributed by atoms with van der Waals surface area (Å²) in [6, 6.07) is 4.19. The third-order valence-electron chi connectivity index (χ3n) is 3.42. The molecule has 0 spiro atoms. The molecular weight excluding hydrogens is 282 g/mol. The molecule has 0 bridgehead atoms. The average molecular weight is 299 g/mol. The molecule has 1 atom stereocenters. The second kappa shape index (κ2) is 5.86. The average Bonchev–Trinajstić information content (AvgIpc) is 2.89. The fourth-order valence-electron chi connectivity index (χ4n) is 2.31. The van der Waals surface area contributed by atoms with Gasteiger partial charge < -0.3 is 5.32 Å². The largest absolute Gasteiger partial charge is 0.313 e. The molecule has 0 aromatic heterocycles. The number of nitrogens with zero attached hydrogens (tertiary/aromatic N) is 1. The number of sulfonamides is 1. The van der Waals surface area contributed by atoms with E-state index in [2.05, 4.69) is 10.0 Å². The van der Waals surface area contributed by atoms with E-state index in [1.54, 1.807) is 0 Å². The predicted octanol–water partition coefficient (Wildman–Crippen LogP) is 0.934. The number of nitrogens with one attached hydrogen (secondary N) is 2. The van der Waals surface area contributed by atoms with E-state index in [1.165, 1.54) is 25.1 Å². The molecule has 0 saturated carbocycles. The molecule has 1 unspecified atom stereocenters. The van der Waals surface area contributed by atoms with E-state index in [1.807, 2.05) is 0 Å². The first-order valence-electron chi connectivity index (χ1n) is 6.39. The van der Waals surface area contributed by atoms with E-state index in [9.17, 15) is 18.5 Å². The predicted molar refractivity (Wildman–Crippen MR) is 74.0 cm³/mol. The van der Waals surface area contributed by atoms with Crippen LogP contribution < -0.4 is 10.0 Å². The van der Waals surface area contributed by atoms with E-state index in [-0.39, 0.29) is 22.2 Å². The summed E-state index contributed by atoms with van der Waals surface area (Å²) in [7, 11) is -3.73. The van der Waals surface area contributed by atoms with Crippen molar-refractivity contribution in [3.63, 3.8) is 0 Å². The van der Waals surface area contributed by atoms with Crippen molar-refractivity contribution in [2.24, 2.45) is 0 Å². The molecule has 1 aliphatic heterocycles. The van der Waals surface area contributed by atoms with E-state index in [4.69, 9.17) is 0 Å². The Kier molecular flexibility index (Phi) is 4.36. The molecule has 1 aliphatic rings. The molecule has 8 heteroatoms. The number of benzene rings is 1. The molecule has 110 valence electrons. The molecule has 20 heavy (non-hydrogen) atoms. The fraction of sp³-hybridized carbons (Fsp3) is 0.500. The van der Waals surface area contributed by atoms with Crippen molar-refractivity contribution in [3.05, 3.63) is 33.9 Å². The highest BCUT2D eigenvalue weighted by atomic mass is 32.2. The molecule has 0 amide bonds.